The van der Waals surface area contributed by atoms with E-state index in [0.29, 0.717) is 23.2 Å². The van der Waals surface area contributed by atoms with Crippen molar-refractivity contribution in [2.75, 3.05) is 11.5 Å². The van der Waals surface area contributed by atoms with Crippen molar-refractivity contribution in [2.45, 2.75) is 19.0 Å². The van der Waals surface area contributed by atoms with Crippen LogP contribution in [0, 0.1) is 5.82 Å². The first-order chi connectivity index (χ1) is 7.25. The van der Waals surface area contributed by atoms with E-state index < -0.39 is 0 Å². The van der Waals surface area contributed by atoms with E-state index in [0.717, 1.165) is 5.75 Å². The van der Waals surface area contributed by atoms with Gasteiger partial charge in [-0.2, -0.15) is 11.8 Å². The van der Waals surface area contributed by atoms with Gasteiger partial charge in [-0.25, -0.2) is 4.39 Å². The fourth-order valence-corrected chi connectivity index (χ4v) is 3.01. The molecule has 1 fully saturated rings. The minimum atomic E-state index is -0.183. The van der Waals surface area contributed by atoms with Gasteiger partial charge in [-0.1, -0.05) is 11.6 Å². The number of rotatable bonds is 3. The zero-order chi connectivity index (χ0) is 10.7. The summed E-state index contributed by atoms with van der Waals surface area (Å²) >= 11 is 7.76. The van der Waals surface area contributed by atoms with Crippen molar-refractivity contribution in [3.05, 3.63) is 34.6 Å². The van der Waals surface area contributed by atoms with Gasteiger partial charge in [0.1, 0.15) is 5.82 Å². The van der Waals surface area contributed by atoms with Gasteiger partial charge in [0.25, 0.3) is 0 Å². The summed E-state index contributed by atoms with van der Waals surface area (Å²) in [5, 5.41) is 3.94. The highest BCUT2D eigenvalue weighted by molar-refractivity contribution is 7.99. The van der Waals surface area contributed by atoms with Crippen molar-refractivity contribution < 1.29 is 4.39 Å². The molecule has 2 rings (SSSR count). The van der Waals surface area contributed by atoms with Gasteiger partial charge in [0.05, 0.1) is 0 Å². The summed E-state index contributed by atoms with van der Waals surface area (Å²) in [6.07, 6.45) is 1.17. The number of thioether (sulfide) groups is 1. The predicted octanol–water partition coefficient (Wildman–Crippen LogP) is 3.07. The highest BCUT2D eigenvalue weighted by Crippen LogP contribution is 2.19. The van der Waals surface area contributed by atoms with E-state index in [4.69, 9.17) is 11.6 Å². The van der Waals surface area contributed by atoms with E-state index in [-0.39, 0.29) is 5.82 Å². The molecule has 82 valence electrons. The maximum absolute atomic E-state index is 13.3. The molecule has 1 heterocycles. The van der Waals surface area contributed by atoms with Crippen LogP contribution < -0.4 is 5.32 Å². The highest BCUT2D eigenvalue weighted by atomic mass is 35.5. The van der Waals surface area contributed by atoms with Crippen LogP contribution in [0.2, 0.25) is 5.02 Å². The SMILES string of the molecule is Fc1ccc(Cl)cc1CNC1CCSC1. The Balaban J connectivity index is 1.94. The van der Waals surface area contributed by atoms with Crippen LogP contribution in [-0.4, -0.2) is 17.5 Å². The molecule has 1 nitrogen and oxygen atoms in total. The lowest BCUT2D eigenvalue weighted by molar-refractivity contribution is 0.534. The van der Waals surface area contributed by atoms with Crippen LogP contribution in [0.5, 0.6) is 0 Å². The van der Waals surface area contributed by atoms with Crippen LogP contribution in [0.15, 0.2) is 18.2 Å². The second-order valence-corrected chi connectivity index (χ2v) is 5.26. The minimum absolute atomic E-state index is 0.183. The molecule has 1 aromatic carbocycles. The number of nitrogens with one attached hydrogen (secondary N) is 1. The van der Waals surface area contributed by atoms with Gasteiger partial charge < -0.3 is 5.32 Å². The normalized spacial score (nSPS) is 20.8. The predicted molar refractivity (Wildman–Crippen MR) is 64.0 cm³/mol. The first kappa shape index (κ1) is 11.2. The van der Waals surface area contributed by atoms with Gasteiger partial charge in [-0.05, 0) is 30.4 Å². The van der Waals surface area contributed by atoms with Gasteiger partial charge in [-0.3, -0.25) is 0 Å². The van der Waals surface area contributed by atoms with Crippen molar-refractivity contribution >= 4 is 23.4 Å². The highest BCUT2D eigenvalue weighted by Gasteiger charge is 2.15. The van der Waals surface area contributed by atoms with Crippen LogP contribution in [0.1, 0.15) is 12.0 Å². The minimum Gasteiger partial charge on any atom is -0.309 e. The lowest BCUT2D eigenvalue weighted by Gasteiger charge is -2.11. The van der Waals surface area contributed by atoms with Gasteiger partial charge in [-0.15, -0.1) is 0 Å². The Morgan fingerprint density at radius 3 is 3.13 bits per heavy atom. The Hall–Kier alpha value is -0.250. The third-order valence-corrected chi connectivity index (χ3v) is 3.92. The summed E-state index contributed by atoms with van der Waals surface area (Å²) in [5.74, 6) is 2.15. The molecule has 0 saturated carbocycles. The lowest BCUT2D eigenvalue weighted by Crippen LogP contribution is -2.28. The van der Waals surface area contributed by atoms with Crippen LogP contribution in [0.4, 0.5) is 4.39 Å². The molecule has 15 heavy (non-hydrogen) atoms. The van der Waals surface area contributed by atoms with E-state index in [1.54, 1.807) is 12.1 Å². The van der Waals surface area contributed by atoms with E-state index in [9.17, 15) is 4.39 Å². The molecule has 1 unspecified atom stereocenters. The van der Waals surface area contributed by atoms with Gasteiger partial charge in [0.15, 0.2) is 0 Å². The van der Waals surface area contributed by atoms with Crippen molar-refractivity contribution in [3.63, 3.8) is 0 Å². The Morgan fingerprint density at radius 1 is 1.53 bits per heavy atom. The van der Waals surface area contributed by atoms with E-state index in [1.165, 1.54) is 18.2 Å². The molecule has 0 aliphatic carbocycles. The zero-order valence-corrected chi connectivity index (χ0v) is 9.87. The van der Waals surface area contributed by atoms with Gasteiger partial charge in [0.2, 0.25) is 0 Å². The quantitative estimate of drug-likeness (QED) is 0.879. The number of benzene rings is 1. The molecule has 0 bridgehead atoms. The summed E-state index contributed by atoms with van der Waals surface area (Å²) in [5.41, 5.74) is 0.652. The summed E-state index contributed by atoms with van der Waals surface area (Å²) in [7, 11) is 0. The van der Waals surface area contributed by atoms with E-state index in [2.05, 4.69) is 5.32 Å². The molecule has 1 aliphatic heterocycles. The van der Waals surface area contributed by atoms with E-state index in [1.807, 2.05) is 11.8 Å². The zero-order valence-electron chi connectivity index (χ0n) is 8.30. The molecule has 0 radical (unpaired) electrons. The fraction of sp³-hybridized carbons (Fsp3) is 0.455. The monoisotopic (exact) mass is 245 g/mol. The molecule has 0 amide bonds. The standard InChI is InChI=1S/C11H13ClFNS/c12-9-1-2-11(13)8(5-9)6-14-10-3-4-15-7-10/h1-2,5,10,14H,3-4,6-7H2. The topological polar surface area (TPSA) is 12.0 Å². The average Bonchev–Trinajstić information content (AvgIpc) is 2.72. The molecular formula is C11H13ClFNS. The number of halogens is 2. The molecule has 1 aromatic rings. The van der Waals surface area contributed by atoms with Crippen molar-refractivity contribution in [2.24, 2.45) is 0 Å². The molecule has 0 aromatic heterocycles. The molecule has 0 spiro atoms. The van der Waals surface area contributed by atoms with Crippen LogP contribution in [0.3, 0.4) is 0 Å². The Morgan fingerprint density at radius 2 is 2.40 bits per heavy atom. The number of hydrogen-bond acceptors (Lipinski definition) is 2. The lowest BCUT2D eigenvalue weighted by atomic mass is 10.2. The van der Waals surface area contributed by atoms with Crippen molar-refractivity contribution in [1.82, 2.24) is 5.32 Å². The van der Waals surface area contributed by atoms with E-state index >= 15 is 0 Å². The Kier molecular flexibility index (Phi) is 3.89. The summed E-state index contributed by atoms with van der Waals surface area (Å²) < 4.78 is 13.3. The Labute approximate surface area is 98.4 Å². The summed E-state index contributed by atoms with van der Waals surface area (Å²) in [6, 6.07) is 5.20. The first-order valence-corrected chi connectivity index (χ1v) is 6.54. The first-order valence-electron chi connectivity index (χ1n) is 5.01. The maximum atomic E-state index is 13.3. The van der Waals surface area contributed by atoms with Crippen molar-refractivity contribution in [3.8, 4) is 0 Å². The second-order valence-electron chi connectivity index (χ2n) is 3.68. The molecular weight excluding hydrogens is 233 g/mol. The van der Waals surface area contributed by atoms with Gasteiger partial charge >= 0.3 is 0 Å². The summed E-state index contributed by atoms with van der Waals surface area (Å²) in [4.78, 5) is 0. The molecule has 1 atom stereocenters. The van der Waals surface area contributed by atoms with Crippen LogP contribution >= 0.6 is 23.4 Å². The molecule has 1 saturated heterocycles. The van der Waals surface area contributed by atoms with Crippen LogP contribution in [0.25, 0.3) is 0 Å². The average molecular weight is 246 g/mol. The molecule has 1 aliphatic rings. The second kappa shape index (κ2) is 5.19. The smallest absolute Gasteiger partial charge is 0.127 e. The number of hydrogen-bond donors (Lipinski definition) is 1. The van der Waals surface area contributed by atoms with Crippen molar-refractivity contribution in [1.29, 1.82) is 0 Å². The largest absolute Gasteiger partial charge is 0.309 e. The third-order valence-electron chi connectivity index (χ3n) is 2.52. The molecule has 1 N–H and O–H groups in total. The third kappa shape index (κ3) is 3.10. The van der Waals surface area contributed by atoms with Gasteiger partial charge in [0, 0.05) is 28.9 Å². The molecule has 4 heteroatoms. The maximum Gasteiger partial charge on any atom is 0.127 e. The summed E-state index contributed by atoms with van der Waals surface area (Å²) in [6.45, 7) is 0.567. The fourth-order valence-electron chi connectivity index (χ4n) is 1.63. The Bertz CT molecular complexity index is 339. The van der Waals surface area contributed by atoms with Crippen LogP contribution in [-0.2, 0) is 6.54 Å².